The van der Waals surface area contributed by atoms with Gasteiger partial charge in [0.25, 0.3) is 0 Å². The lowest BCUT2D eigenvalue weighted by molar-refractivity contribution is 0.0808. The molecule has 1 saturated heterocycles. The fraction of sp³-hybridized carbons (Fsp3) is 1.00. The van der Waals surface area contributed by atoms with Gasteiger partial charge in [-0.2, -0.15) is 0 Å². The van der Waals surface area contributed by atoms with Gasteiger partial charge in [-0.1, -0.05) is 0 Å². The largest absolute Gasteiger partial charge is 0.396 e. The van der Waals surface area contributed by atoms with Gasteiger partial charge in [0.15, 0.2) is 0 Å². The Morgan fingerprint density at radius 3 is 2.53 bits per heavy atom. The third kappa shape index (κ3) is 0.734. The van der Waals surface area contributed by atoms with Crippen LogP contribution in [0.2, 0.25) is 0 Å². The summed E-state index contributed by atoms with van der Waals surface area (Å²) in [5.74, 6) is 6.26. The quantitative estimate of drug-likeness (QED) is 0.518. The summed E-state index contributed by atoms with van der Waals surface area (Å²) >= 11 is 0. The number of fused-ring (bicyclic) bond motifs is 12. The Bertz CT molecular complexity index is 328. The molecule has 1 N–H and O–H groups in total. The summed E-state index contributed by atoms with van der Waals surface area (Å²) in [6.45, 7) is 0.441. The van der Waals surface area contributed by atoms with Crippen molar-refractivity contribution in [2.45, 2.75) is 31.5 Å². The van der Waals surface area contributed by atoms with Gasteiger partial charge in [0, 0.05) is 6.61 Å². The number of aliphatic hydroxyl groups excluding tert-OH is 1. The highest BCUT2D eigenvalue weighted by Crippen LogP contribution is 2.72. The predicted molar refractivity (Wildman–Crippen MR) is 54.0 cm³/mol. The highest BCUT2D eigenvalue weighted by molar-refractivity contribution is 5.20. The van der Waals surface area contributed by atoms with E-state index in [0.29, 0.717) is 24.7 Å². The minimum absolute atomic E-state index is 0.441. The SMILES string of the molecule is OCC1CC2CC1C1C3CC(C4OC34)C21. The molecular weight excluding hydrogens is 188 g/mol. The van der Waals surface area contributed by atoms with Crippen molar-refractivity contribution >= 4 is 0 Å². The maximum Gasteiger partial charge on any atom is 0.0875 e. The Balaban J connectivity index is 1.56. The summed E-state index contributed by atoms with van der Waals surface area (Å²) in [6.07, 6.45) is 5.57. The molecule has 4 bridgehead atoms. The van der Waals surface area contributed by atoms with Crippen LogP contribution in [0.15, 0.2) is 0 Å². The molecule has 0 radical (unpaired) electrons. The Labute approximate surface area is 90.0 Å². The number of aliphatic hydroxyl groups is 1. The predicted octanol–water partition coefficient (Wildman–Crippen LogP) is 1.28. The smallest absolute Gasteiger partial charge is 0.0875 e. The Morgan fingerprint density at radius 1 is 0.933 bits per heavy atom. The third-order valence-corrected chi connectivity index (χ3v) is 6.44. The molecule has 0 aromatic rings. The van der Waals surface area contributed by atoms with Crippen LogP contribution in [0.3, 0.4) is 0 Å². The van der Waals surface area contributed by atoms with Gasteiger partial charge in [0.2, 0.25) is 0 Å². The first-order chi connectivity index (χ1) is 7.38. The van der Waals surface area contributed by atoms with E-state index in [1.54, 1.807) is 0 Å². The van der Waals surface area contributed by atoms with Crippen LogP contribution in [0.1, 0.15) is 19.3 Å². The zero-order chi connectivity index (χ0) is 9.73. The normalized spacial score (nSPS) is 72.2. The maximum atomic E-state index is 9.42. The monoisotopic (exact) mass is 206 g/mol. The molecule has 5 aliphatic rings. The molecule has 1 heterocycles. The molecule has 0 amide bonds. The average molecular weight is 206 g/mol. The topological polar surface area (TPSA) is 32.8 Å². The number of hydrogen-bond donors (Lipinski definition) is 1. The van der Waals surface area contributed by atoms with Crippen LogP contribution in [-0.2, 0) is 4.74 Å². The first-order valence-corrected chi connectivity index (χ1v) is 6.65. The molecule has 0 spiro atoms. The molecule has 15 heavy (non-hydrogen) atoms. The van der Waals surface area contributed by atoms with E-state index in [1.807, 2.05) is 0 Å². The lowest BCUT2D eigenvalue weighted by Gasteiger charge is -2.36. The van der Waals surface area contributed by atoms with Gasteiger partial charge < -0.3 is 9.84 Å². The first-order valence-electron chi connectivity index (χ1n) is 6.65. The van der Waals surface area contributed by atoms with Crippen LogP contribution >= 0.6 is 0 Å². The van der Waals surface area contributed by atoms with Gasteiger partial charge in [0.1, 0.15) is 0 Å². The van der Waals surface area contributed by atoms with Crippen molar-refractivity contribution in [3.05, 3.63) is 0 Å². The molecule has 1 aliphatic heterocycles. The van der Waals surface area contributed by atoms with E-state index in [-0.39, 0.29) is 0 Å². The van der Waals surface area contributed by atoms with Gasteiger partial charge in [-0.3, -0.25) is 0 Å². The van der Waals surface area contributed by atoms with Crippen LogP contribution in [0.4, 0.5) is 0 Å². The molecule has 2 nitrogen and oxygen atoms in total. The summed E-state index contributed by atoms with van der Waals surface area (Å²) in [6, 6.07) is 0. The second-order valence-electron chi connectivity index (χ2n) is 6.62. The summed E-state index contributed by atoms with van der Waals surface area (Å²) in [5.41, 5.74) is 0. The number of hydrogen-bond acceptors (Lipinski definition) is 2. The van der Waals surface area contributed by atoms with Gasteiger partial charge in [-0.05, 0) is 60.7 Å². The number of rotatable bonds is 1. The Hall–Kier alpha value is -0.0800. The van der Waals surface area contributed by atoms with Crippen molar-refractivity contribution < 1.29 is 9.84 Å². The summed E-state index contributed by atoms with van der Waals surface area (Å²) < 4.78 is 5.81. The van der Waals surface area contributed by atoms with Crippen molar-refractivity contribution in [1.82, 2.24) is 0 Å². The minimum Gasteiger partial charge on any atom is -0.396 e. The van der Waals surface area contributed by atoms with Gasteiger partial charge in [-0.25, -0.2) is 0 Å². The van der Waals surface area contributed by atoms with Crippen LogP contribution < -0.4 is 0 Å². The van der Waals surface area contributed by atoms with Crippen molar-refractivity contribution in [3.8, 4) is 0 Å². The molecule has 5 fully saturated rings. The molecule has 9 atom stereocenters. The minimum atomic E-state index is 0.441. The third-order valence-electron chi connectivity index (χ3n) is 6.44. The molecular formula is C13H18O2. The van der Waals surface area contributed by atoms with Crippen LogP contribution in [0.25, 0.3) is 0 Å². The van der Waals surface area contributed by atoms with E-state index < -0.39 is 0 Å². The van der Waals surface area contributed by atoms with Crippen LogP contribution in [-0.4, -0.2) is 23.9 Å². The van der Waals surface area contributed by atoms with E-state index in [2.05, 4.69) is 0 Å². The number of epoxide rings is 1. The van der Waals surface area contributed by atoms with Gasteiger partial charge >= 0.3 is 0 Å². The highest BCUT2D eigenvalue weighted by Gasteiger charge is 2.73. The molecule has 9 unspecified atom stereocenters. The maximum absolute atomic E-state index is 9.42. The average Bonchev–Trinajstić information content (AvgIpc) is 2.69. The van der Waals surface area contributed by atoms with Crippen molar-refractivity contribution in [2.75, 3.05) is 6.61 Å². The Kier molecular flexibility index (Phi) is 1.23. The number of ether oxygens (including phenoxy) is 1. The lowest BCUT2D eigenvalue weighted by Crippen LogP contribution is -2.36. The highest BCUT2D eigenvalue weighted by atomic mass is 16.6. The van der Waals surface area contributed by atoms with Crippen LogP contribution in [0.5, 0.6) is 0 Å². The van der Waals surface area contributed by atoms with E-state index >= 15 is 0 Å². The van der Waals surface area contributed by atoms with E-state index in [1.165, 1.54) is 19.3 Å². The second kappa shape index (κ2) is 2.28. The second-order valence-corrected chi connectivity index (χ2v) is 6.62. The fourth-order valence-corrected chi connectivity index (χ4v) is 6.20. The van der Waals surface area contributed by atoms with Crippen molar-refractivity contribution in [1.29, 1.82) is 0 Å². The zero-order valence-corrected chi connectivity index (χ0v) is 8.88. The molecule has 5 rings (SSSR count). The van der Waals surface area contributed by atoms with E-state index in [4.69, 9.17) is 4.74 Å². The Morgan fingerprint density at radius 2 is 1.73 bits per heavy atom. The molecule has 0 aromatic carbocycles. The summed E-state index contributed by atoms with van der Waals surface area (Å²) in [7, 11) is 0. The lowest BCUT2D eigenvalue weighted by atomic mass is 9.68. The van der Waals surface area contributed by atoms with Gasteiger partial charge in [-0.15, -0.1) is 0 Å². The summed E-state index contributed by atoms with van der Waals surface area (Å²) in [4.78, 5) is 0. The standard InChI is InChI=1S/C13H18O2/c14-4-6-1-5-2-7(6)11-9-3-8(10(5)11)12-13(9)15-12/h5-14H,1-4H2. The first kappa shape index (κ1) is 8.08. The molecule has 4 saturated carbocycles. The van der Waals surface area contributed by atoms with Crippen LogP contribution in [0, 0.1) is 41.4 Å². The fourth-order valence-electron chi connectivity index (χ4n) is 6.20. The zero-order valence-electron chi connectivity index (χ0n) is 8.88. The van der Waals surface area contributed by atoms with E-state index in [9.17, 15) is 5.11 Å². The van der Waals surface area contributed by atoms with Crippen molar-refractivity contribution in [2.24, 2.45) is 41.4 Å². The van der Waals surface area contributed by atoms with Gasteiger partial charge in [0.05, 0.1) is 12.2 Å². The molecule has 2 heteroatoms. The van der Waals surface area contributed by atoms with E-state index in [0.717, 1.165) is 35.5 Å². The molecule has 4 aliphatic carbocycles. The molecule has 82 valence electrons. The summed E-state index contributed by atoms with van der Waals surface area (Å²) in [5, 5.41) is 9.42. The van der Waals surface area contributed by atoms with Crippen molar-refractivity contribution in [3.63, 3.8) is 0 Å². The molecule has 0 aromatic heterocycles.